The topological polar surface area (TPSA) is 78.9 Å². The van der Waals surface area contributed by atoms with Gasteiger partial charge in [-0.2, -0.15) is 47.9 Å². The first-order valence-electron chi connectivity index (χ1n) is 11.4. The van der Waals surface area contributed by atoms with Crippen molar-refractivity contribution in [3.05, 3.63) is 36.4 Å². The van der Waals surface area contributed by atoms with Crippen LogP contribution in [0.5, 0.6) is 5.75 Å². The van der Waals surface area contributed by atoms with Gasteiger partial charge in [0, 0.05) is 21.8 Å². The highest BCUT2D eigenvalue weighted by Gasteiger charge is 2.86. The fraction of sp³-hybridized carbons (Fsp3) is 0.522. The summed E-state index contributed by atoms with van der Waals surface area (Å²) in [5.74, 6) is -15.6. The van der Waals surface area contributed by atoms with E-state index in [9.17, 15) is 52.7 Å². The predicted molar refractivity (Wildman–Crippen MR) is 127 cm³/mol. The molecule has 0 radical (unpaired) electrons. The van der Waals surface area contributed by atoms with E-state index in [4.69, 9.17) is 9.47 Å². The van der Waals surface area contributed by atoms with Crippen molar-refractivity contribution in [1.82, 2.24) is 0 Å². The summed E-state index contributed by atoms with van der Waals surface area (Å²) in [5.41, 5.74) is -0.941. The summed E-state index contributed by atoms with van der Waals surface area (Å²) in [7, 11) is -10.6. The lowest BCUT2D eigenvalue weighted by atomic mass is 10.1. The molecule has 1 saturated heterocycles. The van der Waals surface area contributed by atoms with Crippen LogP contribution in [0.25, 0.3) is 10.8 Å². The van der Waals surface area contributed by atoms with Crippen molar-refractivity contribution in [2.24, 2.45) is 0 Å². The quantitative estimate of drug-likeness (QED) is 0.177. The van der Waals surface area contributed by atoms with Crippen LogP contribution < -0.4 is 4.74 Å². The van der Waals surface area contributed by atoms with Crippen molar-refractivity contribution in [2.45, 2.75) is 67.4 Å². The van der Waals surface area contributed by atoms with Crippen LogP contribution in [0.2, 0.25) is 0 Å². The highest BCUT2D eigenvalue weighted by Crippen LogP contribution is 2.66. The Morgan fingerprint density at radius 3 is 1.82 bits per heavy atom. The Bertz CT molecular complexity index is 1380. The van der Waals surface area contributed by atoms with Gasteiger partial charge in [0.25, 0.3) is 0 Å². The molecule has 40 heavy (non-hydrogen) atoms. The van der Waals surface area contributed by atoms with Crippen LogP contribution in [-0.4, -0.2) is 55.0 Å². The van der Waals surface area contributed by atoms with Gasteiger partial charge in [0.2, 0.25) is 0 Å². The lowest BCUT2D eigenvalue weighted by Crippen LogP contribution is -2.63. The molecule has 1 aliphatic heterocycles. The molecular formula is C23H23F9O6S2. The van der Waals surface area contributed by atoms with Crippen molar-refractivity contribution in [3.63, 3.8) is 0 Å². The standard InChI is InChI=1S/C23H23F9O6S2/c1-19(2,3)37-18(33)36-16-10-11-17(15-9-5-4-8-14(15)16)39(12-6-7-13-39)38-40(34,35)23(31,32)21(26,27)20(24,25)22(28,29)30/h4-5,8-11H,6-7,12-13H2,1-3H3. The van der Waals surface area contributed by atoms with Crippen LogP contribution in [0.15, 0.2) is 41.3 Å². The van der Waals surface area contributed by atoms with Gasteiger partial charge in [0.05, 0.1) is 0 Å². The minimum Gasteiger partial charge on any atom is -0.428 e. The van der Waals surface area contributed by atoms with Crippen LogP contribution in [-0.2, 0) is 18.5 Å². The number of carbonyl (C=O) groups is 1. The maximum Gasteiger partial charge on any atom is 0.514 e. The Labute approximate surface area is 224 Å². The molecule has 0 aliphatic carbocycles. The van der Waals surface area contributed by atoms with Crippen molar-refractivity contribution >= 4 is 37.4 Å². The Hall–Kier alpha value is -2.40. The van der Waals surface area contributed by atoms with Crippen molar-refractivity contribution in [1.29, 1.82) is 0 Å². The molecule has 2 aromatic carbocycles. The number of fused-ring (bicyclic) bond motifs is 1. The maximum atomic E-state index is 14.5. The van der Waals surface area contributed by atoms with Gasteiger partial charge in [-0.25, -0.2) is 8.42 Å². The third kappa shape index (κ3) is 5.55. The van der Waals surface area contributed by atoms with Crippen LogP contribution >= 0.6 is 10.3 Å². The van der Waals surface area contributed by atoms with Gasteiger partial charge in [0.15, 0.2) is 0 Å². The molecule has 1 fully saturated rings. The first kappa shape index (κ1) is 32.1. The normalized spacial score (nSPS) is 18.0. The second-order valence-corrected chi connectivity index (χ2v) is 14.6. The van der Waals surface area contributed by atoms with E-state index < -0.39 is 55.5 Å². The van der Waals surface area contributed by atoms with Gasteiger partial charge in [-0.3, -0.25) is 0 Å². The molecule has 6 nitrogen and oxygen atoms in total. The number of benzene rings is 2. The first-order valence-corrected chi connectivity index (χ1v) is 14.7. The number of hydrogen-bond donors (Lipinski definition) is 0. The van der Waals surface area contributed by atoms with Crippen LogP contribution in [0, 0.1) is 0 Å². The Morgan fingerprint density at radius 1 is 0.800 bits per heavy atom. The smallest absolute Gasteiger partial charge is 0.428 e. The average molecular weight is 631 g/mol. The van der Waals surface area contributed by atoms with E-state index in [0.29, 0.717) is 0 Å². The van der Waals surface area contributed by atoms with Crippen molar-refractivity contribution in [3.8, 4) is 5.75 Å². The van der Waals surface area contributed by atoms with Crippen molar-refractivity contribution in [2.75, 3.05) is 11.5 Å². The largest absolute Gasteiger partial charge is 0.514 e. The molecule has 0 spiro atoms. The molecule has 226 valence electrons. The van der Waals surface area contributed by atoms with Gasteiger partial charge < -0.3 is 9.47 Å². The number of halogens is 9. The monoisotopic (exact) mass is 630 g/mol. The molecule has 3 rings (SSSR count). The molecule has 17 heteroatoms. The van der Waals surface area contributed by atoms with E-state index in [1.165, 1.54) is 24.3 Å². The number of ether oxygens (including phenoxy) is 2. The Balaban J connectivity index is 2.10. The van der Waals surface area contributed by atoms with Crippen molar-refractivity contribution < 1.29 is 65.8 Å². The summed E-state index contributed by atoms with van der Waals surface area (Å²) in [5, 5.41) is -6.78. The molecule has 2 aromatic rings. The second-order valence-electron chi connectivity index (χ2n) is 9.79. The lowest BCUT2D eigenvalue weighted by Gasteiger charge is -2.38. The summed E-state index contributed by atoms with van der Waals surface area (Å²) >= 11 is 0. The van der Waals surface area contributed by atoms with E-state index in [1.54, 1.807) is 20.8 Å². The van der Waals surface area contributed by atoms with Crippen LogP contribution in [0.1, 0.15) is 33.6 Å². The molecule has 0 bridgehead atoms. The molecule has 1 aliphatic rings. The van der Waals surface area contributed by atoms with E-state index >= 15 is 0 Å². The lowest BCUT2D eigenvalue weighted by molar-refractivity contribution is -0.382. The summed E-state index contributed by atoms with van der Waals surface area (Å²) in [6.45, 7) is 4.68. The zero-order valence-corrected chi connectivity index (χ0v) is 22.6. The minimum atomic E-state index is -7.41. The molecular weight excluding hydrogens is 607 g/mol. The fourth-order valence-electron chi connectivity index (χ4n) is 3.85. The van der Waals surface area contributed by atoms with E-state index in [0.717, 1.165) is 12.1 Å². The molecule has 0 saturated carbocycles. The maximum absolute atomic E-state index is 14.5. The highest BCUT2D eigenvalue weighted by atomic mass is 32.3. The summed E-state index contributed by atoms with van der Waals surface area (Å²) in [4.78, 5) is 12.1. The fourth-order valence-corrected chi connectivity index (χ4v) is 9.72. The second kappa shape index (κ2) is 10.2. The van der Waals surface area contributed by atoms with Crippen LogP contribution in [0.4, 0.5) is 44.3 Å². The van der Waals surface area contributed by atoms with E-state index in [-0.39, 0.29) is 45.8 Å². The minimum absolute atomic E-state index is 0.0753. The number of alkyl halides is 9. The molecule has 1 heterocycles. The first-order chi connectivity index (χ1) is 18.0. The number of rotatable bonds is 7. The Morgan fingerprint density at radius 2 is 1.32 bits per heavy atom. The molecule has 0 amide bonds. The average Bonchev–Trinajstić information content (AvgIpc) is 3.25. The predicted octanol–water partition coefficient (Wildman–Crippen LogP) is 7.80. The van der Waals surface area contributed by atoms with Gasteiger partial charge in [-0.05, 0) is 51.1 Å². The van der Waals surface area contributed by atoms with Gasteiger partial charge in [0.1, 0.15) is 11.4 Å². The van der Waals surface area contributed by atoms with Crippen LogP contribution in [0.3, 0.4) is 0 Å². The highest BCUT2D eigenvalue weighted by molar-refractivity contribution is 8.33. The summed E-state index contributed by atoms with van der Waals surface area (Å²) in [6.07, 6.45) is -8.06. The molecule has 0 N–H and O–H groups in total. The zero-order valence-electron chi connectivity index (χ0n) is 21.0. The molecule has 0 aromatic heterocycles. The third-order valence-electron chi connectivity index (χ3n) is 5.68. The number of carbonyl (C=O) groups excluding carboxylic acids is 1. The van der Waals surface area contributed by atoms with Gasteiger partial charge in [-0.1, -0.05) is 34.6 Å². The summed E-state index contributed by atoms with van der Waals surface area (Å²) in [6, 6.07) is 7.89. The third-order valence-corrected chi connectivity index (χ3v) is 11.4. The van der Waals surface area contributed by atoms with E-state index in [1.807, 2.05) is 0 Å². The summed E-state index contributed by atoms with van der Waals surface area (Å²) < 4.78 is 161. The van der Waals surface area contributed by atoms with Gasteiger partial charge in [-0.15, -0.1) is 0 Å². The zero-order chi connectivity index (χ0) is 30.6. The molecule has 0 unspecified atom stereocenters. The SMILES string of the molecule is CC(C)(C)OC(=O)Oc1ccc(S2(OS(=O)(=O)C(F)(F)C(F)(F)C(F)(F)C(F)(F)F)CCCC2)c2ccccc12. The number of hydrogen-bond acceptors (Lipinski definition) is 6. The van der Waals surface area contributed by atoms with Gasteiger partial charge >= 0.3 is 39.5 Å². The van der Waals surface area contributed by atoms with E-state index in [2.05, 4.69) is 3.63 Å². The molecule has 0 atom stereocenters. The Kier molecular flexibility index (Phi) is 8.15.